The third kappa shape index (κ3) is 4.16. The minimum Gasteiger partial charge on any atom is -0.389 e. The van der Waals surface area contributed by atoms with Crippen molar-refractivity contribution in [3.05, 3.63) is 42.1 Å². The quantitative estimate of drug-likeness (QED) is 0.809. The highest BCUT2D eigenvalue weighted by Crippen LogP contribution is 2.21. The molecule has 1 aromatic carbocycles. The predicted octanol–water partition coefficient (Wildman–Crippen LogP) is 1.43. The minimum absolute atomic E-state index is 0.0494. The number of hydrogen-bond acceptors (Lipinski definition) is 4. The molecular formula is C16H21N3O3. The molecule has 1 amide bonds. The van der Waals surface area contributed by atoms with Gasteiger partial charge in [-0.3, -0.25) is 9.48 Å². The van der Waals surface area contributed by atoms with Gasteiger partial charge in [0.05, 0.1) is 30.9 Å². The molecule has 118 valence electrons. The number of aliphatic hydroxyl groups excluding tert-OH is 1. The number of rotatable bonds is 7. The molecule has 0 aliphatic carbocycles. The largest absolute Gasteiger partial charge is 0.389 e. The number of carbonyl (C=O) groups is 1. The number of aliphatic hydroxyl groups is 1. The van der Waals surface area contributed by atoms with Gasteiger partial charge in [0.25, 0.3) is 5.91 Å². The van der Waals surface area contributed by atoms with Crippen LogP contribution in [0.5, 0.6) is 0 Å². The molecule has 1 unspecified atom stereocenters. The highest BCUT2D eigenvalue weighted by Gasteiger charge is 2.17. The number of primary amides is 1. The molecule has 6 heteroatoms. The predicted molar refractivity (Wildman–Crippen MR) is 83.3 cm³/mol. The van der Waals surface area contributed by atoms with E-state index < -0.39 is 12.0 Å². The van der Waals surface area contributed by atoms with Crippen molar-refractivity contribution in [2.24, 2.45) is 5.73 Å². The van der Waals surface area contributed by atoms with Crippen LogP contribution in [0.25, 0.3) is 11.3 Å². The summed E-state index contributed by atoms with van der Waals surface area (Å²) in [6.07, 6.45) is 0.906. The maximum absolute atomic E-state index is 11.6. The normalized spacial score (nSPS) is 12.5. The van der Waals surface area contributed by atoms with Crippen molar-refractivity contribution in [2.45, 2.75) is 32.6 Å². The number of hydrogen-bond donors (Lipinski definition) is 2. The van der Waals surface area contributed by atoms with Crippen molar-refractivity contribution < 1.29 is 14.6 Å². The molecular weight excluding hydrogens is 282 g/mol. The van der Waals surface area contributed by atoms with Crippen LogP contribution in [0.2, 0.25) is 0 Å². The highest BCUT2D eigenvalue weighted by atomic mass is 16.5. The number of nitrogens with zero attached hydrogens (tertiary/aromatic N) is 2. The van der Waals surface area contributed by atoms with E-state index in [4.69, 9.17) is 10.5 Å². The summed E-state index contributed by atoms with van der Waals surface area (Å²) >= 11 is 0. The van der Waals surface area contributed by atoms with Gasteiger partial charge in [0, 0.05) is 11.8 Å². The first-order valence-corrected chi connectivity index (χ1v) is 7.19. The van der Waals surface area contributed by atoms with Crippen molar-refractivity contribution in [3.63, 3.8) is 0 Å². The lowest BCUT2D eigenvalue weighted by Crippen LogP contribution is -2.24. The SMILES string of the molecule is CC(C)OCC(O)Cn1cc(C(N)=O)c(-c2ccccc2)n1. The van der Waals surface area contributed by atoms with Crippen LogP contribution in [0.4, 0.5) is 0 Å². The number of carbonyl (C=O) groups excluding carboxylic acids is 1. The van der Waals surface area contributed by atoms with Crippen LogP contribution < -0.4 is 5.73 Å². The van der Waals surface area contributed by atoms with Crippen LogP contribution >= 0.6 is 0 Å². The molecule has 1 aromatic heterocycles. The number of ether oxygens (including phenoxy) is 1. The number of aromatic nitrogens is 2. The number of benzene rings is 1. The van der Waals surface area contributed by atoms with Gasteiger partial charge in [0.15, 0.2) is 0 Å². The first kappa shape index (κ1) is 16.2. The van der Waals surface area contributed by atoms with Crippen molar-refractivity contribution in [3.8, 4) is 11.3 Å². The Bertz CT molecular complexity index is 623. The smallest absolute Gasteiger partial charge is 0.252 e. The zero-order chi connectivity index (χ0) is 16.1. The van der Waals surface area contributed by atoms with Crippen LogP contribution in [0.15, 0.2) is 36.5 Å². The van der Waals surface area contributed by atoms with Crippen molar-refractivity contribution in [1.29, 1.82) is 0 Å². The van der Waals surface area contributed by atoms with Crippen molar-refractivity contribution >= 4 is 5.91 Å². The van der Waals surface area contributed by atoms with E-state index >= 15 is 0 Å². The first-order chi connectivity index (χ1) is 10.5. The summed E-state index contributed by atoms with van der Waals surface area (Å²) < 4.78 is 6.89. The second-order valence-corrected chi connectivity index (χ2v) is 5.38. The van der Waals surface area contributed by atoms with E-state index in [2.05, 4.69) is 5.10 Å². The lowest BCUT2D eigenvalue weighted by molar-refractivity contribution is -0.00200. The van der Waals surface area contributed by atoms with Gasteiger partial charge < -0.3 is 15.6 Å². The van der Waals surface area contributed by atoms with Gasteiger partial charge in [-0.05, 0) is 13.8 Å². The Morgan fingerprint density at radius 1 is 1.36 bits per heavy atom. The van der Waals surface area contributed by atoms with Gasteiger partial charge in [0.1, 0.15) is 5.69 Å². The molecule has 0 saturated heterocycles. The van der Waals surface area contributed by atoms with Crippen molar-refractivity contribution in [1.82, 2.24) is 9.78 Å². The van der Waals surface area contributed by atoms with Gasteiger partial charge in [-0.1, -0.05) is 30.3 Å². The number of nitrogens with two attached hydrogens (primary N) is 1. The molecule has 0 spiro atoms. The number of amides is 1. The molecule has 6 nitrogen and oxygen atoms in total. The van der Waals surface area contributed by atoms with Crippen LogP contribution in [-0.4, -0.2) is 39.6 Å². The lowest BCUT2D eigenvalue weighted by atomic mass is 10.1. The van der Waals surface area contributed by atoms with Gasteiger partial charge in [-0.25, -0.2) is 0 Å². The summed E-state index contributed by atoms with van der Waals surface area (Å²) in [6, 6.07) is 9.33. The fourth-order valence-corrected chi connectivity index (χ4v) is 2.08. The summed E-state index contributed by atoms with van der Waals surface area (Å²) in [5.41, 5.74) is 7.08. The van der Waals surface area contributed by atoms with E-state index in [-0.39, 0.29) is 19.3 Å². The van der Waals surface area contributed by atoms with Gasteiger partial charge >= 0.3 is 0 Å². The van der Waals surface area contributed by atoms with Crippen molar-refractivity contribution in [2.75, 3.05) is 6.61 Å². The molecule has 1 heterocycles. The Morgan fingerprint density at radius 2 is 2.05 bits per heavy atom. The van der Waals surface area contributed by atoms with Crippen LogP contribution in [0.3, 0.4) is 0 Å². The topological polar surface area (TPSA) is 90.4 Å². The lowest BCUT2D eigenvalue weighted by Gasteiger charge is -2.13. The standard InChI is InChI=1S/C16H21N3O3/c1-11(2)22-10-13(20)8-19-9-14(16(17)21)15(18-19)12-6-4-3-5-7-12/h3-7,9,11,13,20H,8,10H2,1-2H3,(H2,17,21). The maximum Gasteiger partial charge on any atom is 0.252 e. The summed E-state index contributed by atoms with van der Waals surface area (Å²) in [7, 11) is 0. The van der Waals surface area contributed by atoms with E-state index in [1.807, 2.05) is 44.2 Å². The van der Waals surface area contributed by atoms with E-state index in [0.717, 1.165) is 5.56 Å². The molecule has 0 aliphatic heterocycles. The monoisotopic (exact) mass is 303 g/mol. The average molecular weight is 303 g/mol. The zero-order valence-corrected chi connectivity index (χ0v) is 12.8. The molecule has 3 N–H and O–H groups in total. The summed E-state index contributed by atoms with van der Waals surface area (Å²) in [5, 5.41) is 14.3. The molecule has 0 radical (unpaired) electrons. The Balaban J connectivity index is 2.19. The maximum atomic E-state index is 11.6. The third-order valence-corrected chi connectivity index (χ3v) is 3.09. The molecule has 0 bridgehead atoms. The van der Waals surface area contributed by atoms with Crippen LogP contribution in [0.1, 0.15) is 24.2 Å². The van der Waals surface area contributed by atoms with Crippen LogP contribution in [0, 0.1) is 0 Å². The van der Waals surface area contributed by atoms with E-state index in [9.17, 15) is 9.90 Å². The first-order valence-electron chi connectivity index (χ1n) is 7.19. The second-order valence-electron chi connectivity index (χ2n) is 5.38. The van der Waals surface area contributed by atoms with Gasteiger partial charge in [-0.15, -0.1) is 0 Å². The Kier molecular flexibility index (Phi) is 5.30. The molecule has 0 saturated carbocycles. The highest BCUT2D eigenvalue weighted by molar-refractivity contribution is 5.98. The Morgan fingerprint density at radius 3 is 2.64 bits per heavy atom. The molecule has 1 atom stereocenters. The molecule has 22 heavy (non-hydrogen) atoms. The van der Waals surface area contributed by atoms with Crippen LogP contribution in [-0.2, 0) is 11.3 Å². The summed E-state index contributed by atoms with van der Waals surface area (Å²) in [6.45, 7) is 4.25. The Labute approximate surface area is 129 Å². The fraction of sp³-hybridized carbons (Fsp3) is 0.375. The second kappa shape index (κ2) is 7.20. The fourth-order valence-electron chi connectivity index (χ4n) is 2.08. The minimum atomic E-state index is -0.702. The molecule has 0 fully saturated rings. The molecule has 0 aliphatic rings. The van der Waals surface area contributed by atoms with E-state index in [0.29, 0.717) is 11.3 Å². The average Bonchev–Trinajstić information content (AvgIpc) is 2.90. The summed E-state index contributed by atoms with van der Waals surface area (Å²) in [5.74, 6) is -0.543. The summed E-state index contributed by atoms with van der Waals surface area (Å²) in [4.78, 5) is 11.6. The molecule has 2 aromatic rings. The van der Waals surface area contributed by atoms with E-state index in [1.165, 1.54) is 4.68 Å². The van der Waals surface area contributed by atoms with E-state index in [1.54, 1.807) is 6.20 Å². The Hall–Kier alpha value is -2.18. The van der Waals surface area contributed by atoms with Gasteiger partial charge in [-0.2, -0.15) is 5.10 Å². The third-order valence-electron chi connectivity index (χ3n) is 3.09. The van der Waals surface area contributed by atoms with Gasteiger partial charge in [0.2, 0.25) is 0 Å². The zero-order valence-electron chi connectivity index (χ0n) is 12.8. The molecule has 2 rings (SSSR count).